The number of rotatable bonds is 6. The zero-order valence-electron chi connectivity index (χ0n) is 13.6. The summed E-state index contributed by atoms with van der Waals surface area (Å²) in [6, 6.07) is 6.36. The molecule has 0 amide bonds. The lowest BCUT2D eigenvalue weighted by Crippen LogP contribution is -2.13. The van der Waals surface area contributed by atoms with E-state index in [0.717, 1.165) is 12.8 Å². The minimum absolute atomic E-state index is 0.0278. The second kappa shape index (κ2) is 7.64. The molecule has 2 aromatic rings. The predicted octanol–water partition coefficient (Wildman–Crippen LogP) is 5.33. The van der Waals surface area contributed by atoms with Crippen molar-refractivity contribution < 1.29 is 9.13 Å². The Hall–Kier alpha value is -1.81. The van der Waals surface area contributed by atoms with Crippen molar-refractivity contribution in [1.82, 2.24) is 4.98 Å². The van der Waals surface area contributed by atoms with Crippen LogP contribution in [-0.4, -0.2) is 11.1 Å². The normalized spacial score (nSPS) is 12.4. The van der Waals surface area contributed by atoms with Crippen LogP contribution in [0, 0.1) is 11.7 Å². The Balaban J connectivity index is 2.14. The van der Waals surface area contributed by atoms with Crippen LogP contribution in [0.5, 0.6) is 5.75 Å². The zero-order chi connectivity index (χ0) is 17.0. The molecule has 124 valence electrons. The Labute approximate surface area is 141 Å². The average Bonchev–Trinajstić information content (AvgIpc) is 2.47. The van der Waals surface area contributed by atoms with E-state index in [9.17, 15) is 4.39 Å². The number of halogens is 2. The van der Waals surface area contributed by atoms with Gasteiger partial charge in [-0.3, -0.25) is 0 Å². The fourth-order valence-electron chi connectivity index (χ4n) is 2.29. The van der Waals surface area contributed by atoms with E-state index in [1.165, 1.54) is 12.3 Å². The lowest BCUT2D eigenvalue weighted by atomic mass is 10.0. The number of aromatic nitrogens is 1. The SMILES string of the molecule is CC(C)CCC(C)Oc1ccc(-c2cnc(Cl)cc2N)cc1F. The van der Waals surface area contributed by atoms with E-state index in [1.807, 2.05) is 6.92 Å². The van der Waals surface area contributed by atoms with Crippen molar-refractivity contribution in [1.29, 1.82) is 0 Å². The first-order valence-corrected chi connectivity index (χ1v) is 8.12. The number of pyridine rings is 1. The van der Waals surface area contributed by atoms with Crippen LogP contribution in [0.2, 0.25) is 5.15 Å². The molecule has 1 unspecified atom stereocenters. The molecule has 0 aliphatic heterocycles. The van der Waals surface area contributed by atoms with Gasteiger partial charge in [0.15, 0.2) is 11.6 Å². The fourth-order valence-corrected chi connectivity index (χ4v) is 2.46. The summed E-state index contributed by atoms with van der Waals surface area (Å²) in [7, 11) is 0. The third-order valence-corrected chi connectivity index (χ3v) is 3.83. The average molecular weight is 337 g/mol. The molecule has 5 heteroatoms. The highest BCUT2D eigenvalue weighted by Crippen LogP contribution is 2.30. The minimum Gasteiger partial charge on any atom is -0.488 e. The highest BCUT2D eigenvalue weighted by atomic mass is 35.5. The van der Waals surface area contributed by atoms with E-state index >= 15 is 0 Å². The second-order valence-electron chi connectivity index (χ2n) is 6.14. The molecule has 0 bridgehead atoms. The third kappa shape index (κ3) is 4.83. The van der Waals surface area contributed by atoms with Gasteiger partial charge in [-0.25, -0.2) is 9.37 Å². The summed E-state index contributed by atoms with van der Waals surface area (Å²) in [6.45, 7) is 6.27. The number of ether oxygens (including phenoxy) is 1. The molecule has 1 heterocycles. The van der Waals surface area contributed by atoms with Crippen LogP contribution in [0.1, 0.15) is 33.6 Å². The highest BCUT2D eigenvalue weighted by Gasteiger charge is 2.12. The van der Waals surface area contributed by atoms with Gasteiger partial charge in [-0.05, 0) is 49.4 Å². The summed E-state index contributed by atoms with van der Waals surface area (Å²) in [5, 5.41) is 0.311. The molecule has 2 N–H and O–H groups in total. The van der Waals surface area contributed by atoms with Gasteiger partial charge in [-0.2, -0.15) is 0 Å². The Morgan fingerprint density at radius 2 is 1.96 bits per heavy atom. The third-order valence-electron chi connectivity index (χ3n) is 3.62. The van der Waals surface area contributed by atoms with E-state index in [2.05, 4.69) is 18.8 Å². The first kappa shape index (κ1) is 17.5. The maximum Gasteiger partial charge on any atom is 0.165 e. The smallest absolute Gasteiger partial charge is 0.165 e. The quantitative estimate of drug-likeness (QED) is 0.725. The molecule has 1 aromatic carbocycles. The highest BCUT2D eigenvalue weighted by molar-refractivity contribution is 6.29. The first-order chi connectivity index (χ1) is 10.9. The zero-order valence-corrected chi connectivity index (χ0v) is 14.4. The molecule has 3 nitrogen and oxygen atoms in total. The van der Waals surface area contributed by atoms with Crippen molar-refractivity contribution in [2.24, 2.45) is 5.92 Å². The lowest BCUT2D eigenvalue weighted by Gasteiger charge is -2.17. The minimum atomic E-state index is -0.409. The molecule has 0 aliphatic rings. The van der Waals surface area contributed by atoms with Crippen LogP contribution >= 0.6 is 11.6 Å². The molecule has 0 saturated carbocycles. The summed E-state index contributed by atoms with van der Waals surface area (Å²) in [5.41, 5.74) is 7.66. The van der Waals surface area contributed by atoms with E-state index in [0.29, 0.717) is 27.9 Å². The summed E-state index contributed by atoms with van der Waals surface area (Å²) in [4.78, 5) is 3.99. The van der Waals surface area contributed by atoms with Gasteiger partial charge in [0.25, 0.3) is 0 Å². The molecule has 0 saturated heterocycles. The molecule has 2 rings (SSSR count). The van der Waals surface area contributed by atoms with E-state index in [4.69, 9.17) is 22.1 Å². The number of anilines is 1. The van der Waals surface area contributed by atoms with Crippen LogP contribution in [0.25, 0.3) is 11.1 Å². The number of hydrogen-bond donors (Lipinski definition) is 1. The second-order valence-corrected chi connectivity index (χ2v) is 6.53. The standard InChI is InChI=1S/C18H22ClFN2O/c1-11(2)4-5-12(3)23-17-7-6-13(8-15(17)20)14-10-22-18(19)9-16(14)21/h6-12H,4-5H2,1-3H3,(H2,21,22). The number of nitrogens with two attached hydrogens (primary N) is 1. The molecule has 0 aliphatic carbocycles. The van der Waals surface area contributed by atoms with Gasteiger partial charge < -0.3 is 10.5 Å². The molecular weight excluding hydrogens is 315 g/mol. The van der Waals surface area contributed by atoms with Crippen LogP contribution in [0.3, 0.4) is 0 Å². The van der Waals surface area contributed by atoms with Gasteiger partial charge in [0.1, 0.15) is 5.15 Å². The topological polar surface area (TPSA) is 48.1 Å². The van der Waals surface area contributed by atoms with Crippen LogP contribution < -0.4 is 10.5 Å². The summed E-state index contributed by atoms with van der Waals surface area (Å²) in [6.07, 6.45) is 3.46. The van der Waals surface area contributed by atoms with Gasteiger partial charge in [0, 0.05) is 17.4 Å². The first-order valence-electron chi connectivity index (χ1n) is 7.74. The van der Waals surface area contributed by atoms with Crippen molar-refractivity contribution in [2.45, 2.75) is 39.7 Å². The summed E-state index contributed by atoms with van der Waals surface area (Å²) >= 11 is 5.78. The van der Waals surface area contributed by atoms with E-state index < -0.39 is 5.82 Å². The number of benzene rings is 1. The maximum absolute atomic E-state index is 14.3. The Morgan fingerprint density at radius 3 is 2.57 bits per heavy atom. The van der Waals surface area contributed by atoms with E-state index in [-0.39, 0.29) is 11.9 Å². The van der Waals surface area contributed by atoms with Crippen LogP contribution in [0.4, 0.5) is 10.1 Å². The number of nitrogen functional groups attached to an aromatic ring is 1. The maximum atomic E-state index is 14.3. The summed E-state index contributed by atoms with van der Waals surface area (Å²) in [5.74, 6) is 0.451. The van der Waals surface area contributed by atoms with Gasteiger partial charge in [-0.1, -0.05) is 31.5 Å². The van der Waals surface area contributed by atoms with Gasteiger partial charge in [0.05, 0.1) is 6.10 Å². The molecule has 1 atom stereocenters. The molecule has 23 heavy (non-hydrogen) atoms. The molecule has 1 aromatic heterocycles. The lowest BCUT2D eigenvalue weighted by molar-refractivity contribution is 0.193. The Morgan fingerprint density at radius 1 is 1.22 bits per heavy atom. The largest absolute Gasteiger partial charge is 0.488 e. The number of hydrogen-bond acceptors (Lipinski definition) is 3. The van der Waals surface area contributed by atoms with Crippen molar-refractivity contribution in [3.05, 3.63) is 41.4 Å². The van der Waals surface area contributed by atoms with E-state index in [1.54, 1.807) is 18.2 Å². The molecule has 0 spiro atoms. The summed E-state index contributed by atoms with van der Waals surface area (Å²) < 4.78 is 20.0. The van der Waals surface area contributed by atoms with Gasteiger partial charge >= 0.3 is 0 Å². The Bertz CT molecular complexity index is 676. The van der Waals surface area contributed by atoms with Crippen molar-refractivity contribution in [3.63, 3.8) is 0 Å². The monoisotopic (exact) mass is 336 g/mol. The molecule has 0 fully saturated rings. The molecule has 0 radical (unpaired) electrons. The predicted molar refractivity (Wildman–Crippen MR) is 93.2 cm³/mol. The molecular formula is C18H22ClFN2O. The van der Waals surface area contributed by atoms with Crippen LogP contribution in [0.15, 0.2) is 30.5 Å². The van der Waals surface area contributed by atoms with Gasteiger partial charge in [-0.15, -0.1) is 0 Å². The van der Waals surface area contributed by atoms with Crippen molar-refractivity contribution >= 4 is 17.3 Å². The fraction of sp³-hybridized carbons (Fsp3) is 0.389. The van der Waals surface area contributed by atoms with Crippen LogP contribution in [-0.2, 0) is 0 Å². The van der Waals surface area contributed by atoms with Crippen molar-refractivity contribution in [3.8, 4) is 16.9 Å². The number of nitrogens with zero attached hydrogens (tertiary/aromatic N) is 1. The van der Waals surface area contributed by atoms with Gasteiger partial charge in [0.2, 0.25) is 0 Å². The van der Waals surface area contributed by atoms with Crippen molar-refractivity contribution in [2.75, 3.05) is 5.73 Å². The Kier molecular flexibility index (Phi) is 5.83.